The van der Waals surface area contributed by atoms with E-state index in [0.29, 0.717) is 10.0 Å². The Morgan fingerprint density at radius 1 is 1.29 bits per heavy atom. The second kappa shape index (κ2) is 6.66. The van der Waals surface area contributed by atoms with Crippen molar-refractivity contribution in [1.29, 1.82) is 0 Å². The summed E-state index contributed by atoms with van der Waals surface area (Å²) >= 11 is 12.4. The highest BCUT2D eigenvalue weighted by Gasteiger charge is 2.23. The summed E-state index contributed by atoms with van der Waals surface area (Å²) in [4.78, 5) is 0. The number of rotatable bonds is 4. The fourth-order valence-electron chi connectivity index (χ4n) is 3.13. The first-order valence-electron chi connectivity index (χ1n) is 8.07. The zero-order valence-corrected chi connectivity index (χ0v) is 15.8. The van der Waals surface area contributed by atoms with Crippen molar-refractivity contribution in [2.75, 3.05) is 0 Å². The van der Waals surface area contributed by atoms with Gasteiger partial charge in [0.2, 0.25) is 5.71 Å². The second-order valence-electron chi connectivity index (χ2n) is 5.87. The maximum atomic E-state index is 6.40. The number of aromatic nitrogens is 2. The van der Waals surface area contributed by atoms with Crippen molar-refractivity contribution in [2.24, 2.45) is 0 Å². The Bertz CT molecular complexity index is 935. The lowest BCUT2D eigenvalue weighted by Crippen LogP contribution is -1.91. The first-order valence-corrected chi connectivity index (χ1v) is 8.83. The monoisotopic (exact) mass is 362 g/mol. The van der Waals surface area contributed by atoms with Gasteiger partial charge in [0.1, 0.15) is 11.5 Å². The van der Waals surface area contributed by atoms with E-state index < -0.39 is 0 Å². The molecule has 3 nitrogen and oxygen atoms in total. The van der Waals surface area contributed by atoms with Crippen LogP contribution in [-0.4, -0.2) is 9.61 Å². The highest BCUT2D eigenvalue weighted by Crippen LogP contribution is 2.37. The van der Waals surface area contributed by atoms with E-state index in [1.165, 1.54) is 5.57 Å². The normalized spacial score (nSPS) is 12.3. The molecule has 0 radical (unpaired) electrons. The lowest BCUT2D eigenvalue weighted by molar-refractivity contribution is 0.572. The molecule has 0 N–H and O–H groups in total. The number of hydrogen-bond donors (Lipinski definition) is 0. The summed E-state index contributed by atoms with van der Waals surface area (Å²) in [5.74, 6) is 0.787. The number of allylic oxidation sites excluding steroid dienone is 2. The molecule has 2 heterocycles. The van der Waals surface area contributed by atoms with Crippen molar-refractivity contribution in [3.05, 3.63) is 51.3 Å². The SMILES string of the molecule is C/C=C(/CCC)c1c(C)nn2c(-c3ccc(Cl)cc3Cl)c(C)oc12. The Kier molecular flexibility index (Phi) is 4.75. The van der Waals surface area contributed by atoms with Crippen LogP contribution in [0.4, 0.5) is 0 Å². The minimum Gasteiger partial charge on any atom is -0.441 e. The predicted molar refractivity (Wildman–Crippen MR) is 101 cm³/mol. The molecule has 3 aromatic rings. The standard InChI is InChI=1S/C19H20Cl2N2O/c1-5-7-13(6-2)17-11(3)22-23-18(12(4)24-19(17)23)15-9-8-14(20)10-16(15)21/h6,8-10H,5,7H2,1-4H3/b13-6-. The van der Waals surface area contributed by atoms with Crippen LogP contribution in [0.2, 0.25) is 10.0 Å². The number of oxazole rings is 1. The molecule has 0 spiro atoms. The summed E-state index contributed by atoms with van der Waals surface area (Å²) in [5, 5.41) is 5.91. The Labute approximate surface area is 151 Å². The van der Waals surface area contributed by atoms with E-state index in [4.69, 9.17) is 32.7 Å². The number of aryl methyl sites for hydroxylation is 2. The van der Waals surface area contributed by atoms with Crippen molar-refractivity contribution in [3.8, 4) is 11.3 Å². The molecule has 3 rings (SSSR count). The van der Waals surface area contributed by atoms with Gasteiger partial charge >= 0.3 is 0 Å². The van der Waals surface area contributed by atoms with Gasteiger partial charge in [0, 0.05) is 10.6 Å². The van der Waals surface area contributed by atoms with Crippen LogP contribution >= 0.6 is 23.2 Å². The van der Waals surface area contributed by atoms with E-state index >= 15 is 0 Å². The Hall–Kier alpha value is -1.71. The van der Waals surface area contributed by atoms with Crippen molar-refractivity contribution in [1.82, 2.24) is 9.61 Å². The highest BCUT2D eigenvalue weighted by molar-refractivity contribution is 6.36. The molecule has 0 unspecified atom stereocenters. The second-order valence-corrected chi connectivity index (χ2v) is 6.72. The Morgan fingerprint density at radius 2 is 2.04 bits per heavy atom. The molecule has 0 aliphatic carbocycles. The lowest BCUT2D eigenvalue weighted by Gasteiger charge is -2.03. The summed E-state index contributed by atoms with van der Waals surface area (Å²) in [7, 11) is 0. The van der Waals surface area contributed by atoms with Gasteiger partial charge in [-0.1, -0.05) is 42.6 Å². The van der Waals surface area contributed by atoms with Gasteiger partial charge < -0.3 is 4.42 Å². The van der Waals surface area contributed by atoms with E-state index in [9.17, 15) is 0 Å². The average molecular weight is 363 g/mol. The van der Waals surface area contributed by atoms with Crippen LogP contribution in [0.5, 0.6) is 0 Å². The van der Waals surface area contributed by atoms with E-state index in [2.05, 4.69) is 19.9 Å². The van der Waals surface area contributed by atoms with Crippen LogP contribution in [0.25, 0.3) is 22.5 Å². The van der Waals surface area contributed by atoms with Crippen molar-refractivity contribution >= 4 is 34.5 Å². The van der Waals surface area contributed by atoms with Crippen molar-refractivity contribution in [2.45, 2.75) is 40.5 Å². The summed E-state index contributed by atoms with van der Waals surface area (Å²) in [6.07, 6.45) is 4.21. The minimum atomic E-state index is 0.586. The highest BCUT2D eigenvalue weighted by atomic mass is 35.5. The average Bonchev–Trinajstić information content (AvgIpc) is 2.99. The van der Waals surface area contributed by atoms with Crippen LogP contribution in [0.3, 0.4) is 0 Å². The number of fused-ring (bicyclic) bond motifs is 1. The fraction of sp³-hybridized carbons (Fsp3) is 0.316. The first-order chi connectivity index (χ1) is 11.5. The number of halogens is 2. The summed E-state index contributed by atoms with van der Waals surface area (Å²) < 4.78 is 7.94. The molecule has 1 aromatic carbocycles. The molecule has 0 bridgehead atoms. The third-order valence-electron chi connectivity index (χ3n) is 4.19. The lowest BCUT2D eigenvalue weighted by atomic mass is 10.0. The van der Waals surface area contributed by atoms with E-state index in [1.807, 2.05) is 30.5 Å². The molecular weight excluding hydrogens is 343 g/mol. The molecule has 5 heteroatoms. The van der Waals surface area contributed by atoms with Gasteiger partial charge in [0.25, 0.3) is 0 Å². The van der Waals surface area contributed by atoms with Crippen LogP contribution in [0, 0.1) is 13.8 Å². The molecular formula is C19H20Cl2N2O. The number of benzene rings is 1. The molecule has 2 aromatic heterocycles. The Morgan fingerprint density at radius 3 is 2.67 bits per heavy atom. The Balaban J connectivity index is 2.27. The van der Waals surface area contributed by atoms with Gasteiger partial charge in [-0.2, -0.15) is 9.61 Å². The van der Waals surface area contributed by atoms with Gasteiger partial charge in [-0.05, 0) is 51.0 Å². The van der Waals surface area contributed by atoms with Gasteiger partial charge in [0.15, 0.2) is 0 Å². The van der Waals surface area contributed by atoms with E-state index in [1.54, 1.807) is 6.07 Å². The number of nitrogens with zero attached hydrogens (tertiary/aromatic N) is 2. The minimum absolute atomic E-state index is 0.586. The van der Waals surface area contributed by atoms with Crippen molar-refractivity contribution in [3.63, 3.8) is 0 Å². The molecule has 0 aliphatic heterocycles. The fourth-order valence-corrected chi connectivity index (χ4v) is 3.63. The zero-order valence-electron chi connectivity index (χ0n) is 14.3. The third-order valence-corrected chi connectivity index (χ3v) is 4.74. The van der Waals surface area contributed by atoms with Gasteiger partial charge in [0.05, 0.1) is 16.3 Å². The quantitative estimate of drug-likeness (QED) is 0.515. The van der Waals surface area contributed by atoms with Crippen LogP contribution in [0.1, 0.15) is 43.7 Å². The van der Waals surface area contributed by atoms with Crippen LogP contribution in [0.15, 0.2) is 28.7 Å². The van der Waals surface area contributed by atoms with E-state index in [-0.39, 0.29) is 0 Å². The van der Waals surface area contributed by atoms with Crippen LogP contribution < -0.4 is 0 Å². The maximum absolute atomic E-state index is 6.40. The number of hydrogen-bond acceptors (Lipinski definition) is 2. The predicted octanol–water partition coefficient (Wildman–Crippen LogP) is 6.72. The molecule has 0 saturated carbocycles. The topological polar surface area (TPSA) is 30.4 Å². The molecule has 0 amide bonds. The van der Waals surface area contributed by atoms with Gasteiger partial charge in [-0.25, -0.2) is 0 Å². The summed E-state index contributed by atoms with van der Waals surface area (Å²) in [6, 6.07) is 5.47. The maximum Gasteiger partial charge on any atom is 0.230 e. The molecule has 0 saturated heterocycles. The van der Waals surface area contributed by atoms with Gasteiger partial charge in [-0.15, -0.1) is 0 Å². The molecule has 0 fully saturated rings. The summed E-state index contributed by atoms with van der Waals surface area (Å²) in [6.45, 7) is 8.18. The van der Waals surface area contributed by atoms with Gasteiger partial charge in [-0.3, -0.25) is 0 Å². The zero-order chi connectivity index (χ0) is 17.4. The summed E-state index contributed by atoms with van der Waals surface area (Å²) in [5.41, 5.74) is 5.80. The smallest absolute Gasteiger partial charge is 0.230 e. The third kappa shape index (κ3) is 2.76. The largest absolute Gasteiger partial charge is 0.441 e. The van der Waals surface area contributed by atoms with E-state index in [0.717, 1.165) is 46.8 Å². The molecule has 126 valence electrons. The first kappa shape index (κ1) is 17.1. The molecule has 0 aliphatic rings. The molecule has 0 atom stereocenters. The van der Waals surface area contributed by atoms with Crippen LogP contribution in [-0.2, 0) is 0 Å². The molecule has 24 heavy (non-hydrogen) atoms. The van der Waals surface area contributed by atoms with Crippen molar-refractivity contribution < 1.29 is 4.42 Å².